The molecule has 0 atom stereocenters. The molecule has 120 valence electrons. The van der Waals surface area contributed by atoms with Crippen LogP contribution in [-0.4, -0.2) is 10.7 Å². The number of hydrazone groups is 1. The van der Waals surface area contributed by atoms with E-state index in [0.717, 1.165) is 27.7 Å². The molecule has 1 aromatic heterocycles. The lowest BCUT2D eigenvalue weighted by atomic mass is 10.1. The first-order chi connectivity index (χ1) is 11.7. The Balaban J connectivity index is 1.64. The van der Waals surface area contributed by atoms with Crippen molar-refractivity contribution in [1.29, 1.82) is 0 Å². The predicted octanol–water partition coefficient (Wildman–Crippen LogP) is 5.62. The van der Waals surface area contributed by atoms with E-state index in [0.29, 0.717) is 0 Å². The van der Waals surface area contributed by atoms with Gasteiger partial charge in [0.2, 0.25) is 5.13 Å². The lowest BCUT2D eigenvalue weighted by Crippen LogP contribution is -1.94. The second-order valence-corrected chi connectivity index (χ2v) is 6.37. The number of aromatic nitrogens is 1. The van der Waals surface area contributed by atoms with Crippen LogP contribution in [0.2, 0.25) is 0 Å². The molecule has 0 radical (unpaired) electrons. The van der Waals surface area contributed by atoms with Crippen molar-refractivity contribution in [2.45, 2.75) is 13.8 Å². The van der Waals surface area contributed by atoms with Crippen molar-refractivity contribution >= 4 is 28.3 Å². The van der Waals surface area contributed by atoms with Gasteiger partial charge >= 0.3 is 0 Å². The molecule has 4 heteroatoms. The maximum atomic E-state index is 4.58. The van der Waals surface area contributed by atoms with Crippen LogP contribution in [0.25, 0.3) is 17.3 Å². The van der Waals surface area contributed by atoms with E-state index in [9.17, 15) is 0 Å². The third-order valence-corrected chi connectivity index (χ3v) is 4.24. The minimum Gasteiger partial charge on any atom is -0.252 e. The normalized spacial score (nSPS) is 11.8. The lowest BCUT2D eigenvalue weighted by Gasteiger charge is -1.98. The van der Waals surface area contributed by atoms with Crippen molar-refractivity contribution in [3.05, 3.63) is 77.2 Å². The Morgan fingerprint density at radius 1 is 1.08 bits per heavy atom. The second kappa shape index (κ2) is 7.70. The summed E-state index contributed by atoms with van der Waals surface area (Å²) in [7, 11) is 0. The van der Waals surface area contributed by atoms with Gasteiger partial charge in [0.05, 0.1) is 11.4 Å². The van der Waals surface area contributed by atoms with Crippen LogP contribution in [0, 0.1) is 6.92 Å². The van der Waals surface area contributed by atoms with Crippen molar-refractivity contribution < 1.29 is 0 Å². The van der Waals surface area contributed by atoms with Crippen LogP contribution >= 0.6 is 11.3 Å². The van der Waals surface area contributed by atoms with Gasteiger partial charge in [0, 0.05) is 10.9 Å². The molecule has 0 aliphatic rings. The predicted molar refractivity (Wildman–Crippen MR) is 104 cm³/mol. The number of nitrogens with zero attached hydrogens (tertiary/aromatic N) is 2. The van der Waals surface area contributed by atoms with Crippen LogP contribution in [-0.2, 0) is 0 Å². The molecule has 0 spiro atoms. The molecule has 0 fully saturated rings. The van der Waals surface area contributed by atoms with Crippen molar-refractivity contribution in [2.75, 3.05) is 5.43 Å². The van der Waals surface area contributed by atoms with Crippen LogP contribution in [0.5, 0.6) is 0 Å². The number of rotatable bonds is 5. The van der Waals surface area contributed by atoms with Crippen LogP contribution in [0.15, 0.2) is 71.2 Å². The second-order valence-electron chi connectivity index (χ2n) is 5.51. The average molecular weight is 333 g/mol. The fraction of sp³-hybridized carbons (Fsp3) is 0.100. The molecule has 24 heavy (non-hydrogen) atoms. The third-order valence-electron chi connectivity index (χ3n) is 3.50. The SMILES string of the molecule is CC(/C=C/c1ccccc1)=N/Nc1nc(-c2ccc(C)cc2)cs1. The number of hydrogen-bond donors (Lipinski definition) is 1. The molecular formula is C20H19N3S. The summed E-state index contributed by atoms with van der Waals surface area (Å²) in [5.74, 6) is 0. The molecule has 1 heterocycles. The molecule has 3 nitrogen and oxygen atoms in total. The molecule has 3 aromatic rings. The first-order valence-electron chi connectivity index (χ1n) is 7.77. The first-order valence-corrected chi connectivity index (χ1v) is 8.65. The highest BCUT2D eigenvalue weighted by Gasteiger charge is 2.03. The Morgan fingerprint density at radius 2 is 1.83 bits per heavy atom. The lowest BCUT2D eigenvalue weighted by molar-refractivity contribution is 1.28. The summed E-state index contributed by atoms with van der Waals surface area (Å²) >= 11 is 1.55. The minimum absolute atomic E-state index is 0.790. The van der Waals surface area contributed by atoms with Crippen LogP contribution in [0.3, 0.4) is 0 Å². The Bertz CT molecular complexity index is 846. The summed E-state index contributed by atoms with van der Waals surface area (Å²) < 4.78 is 0. The van der Waals surface area contributed by atoms with Gasteiger partial charge in [-0.3, -0.25) is 5.43 Å². The largest absolute Gasteiger partial charge is 0.252 e. The van der Waals surface area contributed by atoms with E-state index < -0.39 is 0 Å². The average Bonchev–Trinajstić information content (AvgIpc) is 3.09. The van der Waals surface area contributed by atoms with Crippen molar-refractivity contribution in [1.82, 2.24) is 4.98 Å². The molecule has 2 aromatic carbocycles. The number of nitrogens with one attached hydrogen (secondary N) is 1. The highest BCUT2D eigenvalue weighted by atomic mass is 32.1. The Kier molecular flexibility index (Phi) is 5.18. The summed E-state index contributed by atoms with van der Waals surface area (Å²) in [4.78, 5) is 4.58. The number of thiazole rings is 1. The maximum absolute atomic E-state index is 4.58. The van der Waals surface area contributed by atoms with E-state index in [-0.39, 0.29) is 0 Å². The van der Waals surface area contributed by atoms with Gasteiger partial charge in [0.1, 0.15) is 0 Å². The van der Waals surface area contributed by atoms with Crippen molar-refractivity contribution in [3.8, 4) is 11.3 Å². The Hall–Kier alpha value is -2.72. The number of aryl methyl sites for hydroxylation is 1. The van der Waals surface area contributed by atoms with Gasteiger partial charge in [-0.1, -0.05) is 66.2 Å². The molecule has 1 N–H and O–H groups in total. The number of anilines is 1. The molecule has 0 aliphatic heterocycles. The zero-order valence-electron chi connectivity index (χ0n) is 13.7. The van der Waals surface area contributed by atoms with Crippen LogP contribution in [0.4, 0.5) is 5.13 Å². The maximum Gasteiger partial charge on any atom is 0.203 e. The van der Waals surface area contributed by atoms with E-state index in [1.165, 1.54) is 5.56 Å². The summed E-state index contributed by atoms with van der Waals surface area (Å²) in [5, 5.41) is 7.19. The highest BCUT2D eigenvalue weighted by molar-refractivity contribution is 7.14. The topological polar surface area (TPSA) is 37.3 Å². The molecule has 3 rings (SSSR count). The zero-order valence-corrected chi connectivity index (χ0v) is 14.5. The van der Waals surface area contributed by atoms with Gasteiger partial charge in [0.15, 0.2) is 0 Å². The Morgan fingerprint density at radius 3 is 2.58 bits per heavy atom. The summed E-state index contributed by atoms with van der Waals surface area (Å²) in [5.41, 5.74) is 8.41. The number of benzene rings is 2. The third kappa shape index (κ3) is 4.40. The minimum atomic E-state index is 0.790. The highest BCUT2D eigenvalue weighted by Crippen LogP contribution is 2.25. The van der Waals surface area contributed by atoms with E-state index >= 15 is 0 Å². The zero-order chi connectivity index (χ0) is 16.8. The molecule has 0 unspecified atom stereocenters. The van der Waals surface area contributed by atoms with E-state index in [1.807, 2.05) is 42.7 Å². The molecule has 0 aliphatic carbocycles. The molecule has 0 saturated carbocycles. The van der Waals surface area contributed by atoms with Gasteiger partial charge in [-0.05, 0) is 25.5 Å². The van der Waals surface area contributed by atoms with E-state index in [4.69, 9.17) is 0 Å². The van der Waals surface area contributed by atoms with Crippen molar-refractivity contribution in [3.63, 3.8) is 0 Å². The van der Waals surface area contributed by atoms with E-state index in [1.54, 1.807) is 11.3 Å². The van der Waals surface area contributed by atoms with Gasteiger partial charge in [-0.25, -0.2) is 4.98 Å². The standard InChI is InChI=1S/C20H19N3S/c1-15-8-12-18(13-9-15)19-14-24-20(21-19)23-22-16(2)10-11-17-6-4-3-5-7-17/h3-14H,1-2H3,(H,21,23)/b11-10+,22-16-. The monoisotopic (exact) mass is 333 g/mol. The molecule has 0 saturated heterocycles. The van der Waals surface area contributed by atoms with Crippen LogP contribution in [0.1, 0.15) is 18.1 Å². The quantitative estimate of drug-likeness (QED) is 0.486. The van der Waals surface area contributed by atoms with Crippen molar-refractivity contribution in [2.24, 2.45) is 5.10 Å². The number of allylic oxidation sites excluding steroid dienone is 1. The van der Waals surface area contributed by atoms with Gasteiger partial charge in [-0.2, -0.15) is 5.10 Å². The van der Waals surface area contributed by atoms with Gasteiger partial charge < -0.3 is 0 Å². The molecule has 0 bridgehead atoms. The molecular weight excluding hydrogens is 314 g/mol. The fourth-order valence-electron chi connectivity index (χ4n) is 2.14. The summed E-state index contributed by atoms with van der Waals surface area (Å²) in [6, 6.07) is 18.5. The first kappa shape index (κ1) is 16.1. The van der Waals surface area contributed by atoms with Gasteiger partial charge in [0.25, 0.3) is 0 Å². The summed E-state index contributed by atoms with van der Waals surface area (Å²) in [6.07, 6.45) is 4.02. The smallest absolute Gasteiger partial charge is 0.203 e. The molecule has 0 amide bonds. The fourth-order valence-corrected chi connectivity index (χ4v) is 2.80. The summed E-state index contributed by atoms with van der Waals surface area (Å²) in [6.45, 7) is 4.04. The Labute approximate surface area is 146 Å². The van der Waals surface area contributed by atoms with Crippen LogP contribution < -0.4 is 5.43 Å². The van der Waals surface area contributed by atoms with E-state index in [2.05, 4.69) is 58.8 Å². The number of hydrogen-bond acceptors (Lipinski definition) is 4. The van der Waals surface area contributed by atoms with Gasteiger partial charge in [-0.15, -0.1) is 11.3 Å².